The minimum Gasteiger partial charge on any atom is -0.361 e. The predicted molar refractivity (Wildman–Crippen MR) is 90.4 cm³/mol. The number of nitrogens with one attached hydrogen (secondary N) is 2. The lowest BCUT2D eigenvalue weighted by molar-refractivity contribution is -0.113. The van der Waals surface area contributed by atoms with Gasteiger partial charge in [0.05, 0.1) is 11.4 Å². The fourth-order valence-electron chi connectivity index (χ4n) is 2.05. The van der Waals surface area contributed by atoms with Gasteiger partial charge < -0.3 is 4.52 Å². The van der Waals surface area contributed by atoms with Crippen molar-refractivity contribution in [1.82, 2.24) is 25.3 Å². The first kappa shape index (κ1) is 16.2. The average molecular weight is 344 g/mol. The molecule has 3 rings (SSSR count). The number of amides is 1. The minimum absolute atomic E-state index is 0.168. The lowest BCUT2D eigenvalue weighted by Crippen LogP contribution is -2.15. The molecule has 3 heterocycles. The van der Waals surface area contributed by atoms with E-state index in [1.807, 2.05) is 32.0 Å². The van der Waals surface area contributed by atoms with Crippen molar-refractivity contribution in [1.29, 1.82) is 0 Å². The molecule has 1 amide bonds. The van der Waals surface area contributed by atoms with Crippen LogP contribution in [0, 0.1) is 13.8 Å². The predicted octanol–water partition coefficient (Wildman–Crippen LogP) is 2.34. The topological polar surface area (TPSA) is 110 Å². The van der Waals surface area contributed by atoms with Gasteiger partial charge in [-0.05, 0) is 26.0 Å². The van der Waals surface area contributed by atoms with E-state index >= 15 is 0 Å². The minimum atomic E-state index is -0.168. The summed E-state index contributed by atoms with van der Waals surface area (Å²) in [6.07, 6.45) is 1.67. The Bertz CT molecular complexity index is 810. The second-order valence-corrected chi connectivity index (χ2v) is 6.05. The van der Waals surface area contributed by atoms with Crippen molar-refractivity contribution >= 4 is 23.6 Å². The van der Waals surface area contributed by atoms with Crippen molar-refractivity contribution in [2.75, 3.05) is 11.1 Å². The third-order valence-corrected chi connectivity index (χ3v) is 4.26. The molecule has 9 heteroatoms. The van der Waals surface area contributed by atoms with Crippen molar-refractivity contribution in [3.63, 3.8) is 0 Å². The maximum absolute atomic E-state index is 12.0. The van der Waals surface area contributed by atoms with Crippen molar-refractivity contribution in [2.24, 2.45) is 0 Å². The van der Waals surface area contributed by atoms with Crippen LogP contribution in [0.5, 0.6) is 0 Å². The Morgan fingerprint density at radius 2 is 2.25 bits per heavy atom. The maximum atomic E-state index is 12.0. The number of rotatable bonds is 6. The molecule has 0 bridgehead atoms. The summed E-state index contributed by atoms with van der Waals surface area (Å²) in [5.74, 6) is 2.32. The molecule has 124 valence electrons. The molecule has 0 saturated carbocycles. The smallest absolute Gasteiger partial charge is 0.249 e. The molecule has 0 aliphatic heterocycles. The maximum Gasteiger partial charge on any atom is 0.249 e. The summed E-state index contributed by atoms with van der Waals surface area (Å²) in [6, 6.07) is 5.48. The molecule has 0 spiro atoms. The summed E-state index contributed by atoms with van der Waals surface area (Å²) in [7, 11) is 0. The van der Waals surface area contributed by atoms with Crippen LogP contribution in [0.1, 0.15) is 17.0 Å². The van der Waals surface area contributed by atoms with E-state index in [1.165, 1.54) is 11.8 Å². The third-order valence-electron chi connectivity index (χ3n) is 3.30. The Hall–Kier alpha value is -2.68. The van der Waals surface area contributed by atoms with Gasteiger partial charge in [-0.15, -0.1) is 16.9 Å². The van der Waals surface area contributed by atoms with Crippen molar-refractivity contribution in [2.45, 2.75) is 19.6 Å². The molecule has 0 atom stereocenters. The molecule has 0 aromatic carbocycles. The van der Waals surface area contributed by atoms with Crippen molar-refractivity contribution in [3.05, 3.63) is 41.4 Å². The van der Waals surface area contributed by atoms with Gasteiger partial charge in [-0.2, -0.15) is 4.98 Å². The van der Waals surface area contributed by atoms with Gasteiger partial charge >= 0.3 is 0 Å². The SMILES string of the molecule is Cc1noc(C)c1CSCC(=O)Nc1n[nH]c(-c2ccccn2)n1. The summed E-state index contributed by atoms with van der Waals surface area (Å²) in [5, 5.41) is 13.3. The number of carbonyl (C=O) groups excluding carboxylic acids is 1. The second kappa shape index (κ2) is 7.26. The number of aryl methyl sites for hydroxylation is 2. The normalized spacial score (nSPS) is 10.8. The molecular formula is C15H16N6O2S. The molecule has 0 aliphatic rings. The van der Waals surface area contributed by atoms with E-state index in [4.69, 9.17) is 4.52 Å². The number of aromatic nitrogens is 5. The zero-order valence-electron chi connectivity index (χ0n) is 13.2. The standard InChI is InChI=1S/C15H16N6O2S/c1-9-11(10(2)23-21-9)7-24-8-13(22)17-15-18-14(19-20-15)12-5-3-4-6-16-12/h3-6H,7-8H2,1-2H3,(H2,17,18,19,20,22). The number of thioether (sulfide) groups is 1. The second-order valence-electron chi connectivity index (χ2n) is 5.07. The number of H-pyrrole nitrogens is 1. The Morgan fingerprint density at radius 1 is 1.38 bits per heavy atom. The first-order valence-electron chi connectivity index (χ1n) is 7.26. The number of hydrogen-bond donors (Lipinski definition) is 2. The first-order valence-corrected chi connectivity index (χ1v) is 8.42. The molecule has 3 aromatic heterocycles. The zero-order valence-corrected chi connectivity index (χ0v) is 14.1. The van der Waals surface area contributed by atoms with Crippen LogP contribution < -0.4 is 5.32 Å². The molecule has 0 radical (unpaired) electrons. The molecule has 0 saturated heterocycles. The quantitative estimate of drug-likeness (QED) is 0.706. The number of anilines is 1. The van der Waals surface area contributed by atoms with E-state index in [1.54, 1.807) is 6.20 Å². The Kier molecular flexibility index (Phi) is 4.90. The zero-order chi connectivity index (χ0) is 16.9. The highest BCUT2D eigenvalue weighted by Gasteiger charge is 2.12. The fourth-order valence-corrected chi connectivity index (χ4v) is 3.03. The van der Waals surface area contributed by atoms with Crippen LogP contribution in [0.15, 0.2) is 28.9 Å². The van der Waals surface area contributed by atoms with Crippen molar-refractivity contribution < 1.29 is 9.32 Å². The molecule has 2 N–H and O–H groups in total. The summed E-state index contributed by atoms with van der Waals surface area (Å²) in [5.41, 5.74) is 2.55. The Balaban J connectivity index is 1.51. The van der Waals surface area contributed by atoms with E-state index in [-0.39, 0.29) is 17.6 Å². The van der Waals surface area contributed by atoms with Crippen molar-refractivity contribution in [3.8, 4) is 11.5 Å². The van der Waals surface area contributed by atoms with Gasteiger partial charge in [0.25, 0.3) is 0 Å². The lowest BCUT2D eigenvalue weighted by atomic mass is 10.2. The van der Waals surface area contributed by atoms with E-state index in [0.717, 1.165) is 17.0 Å². The van der Waals surface area contributed by atoms with Crippen LogP contribution in [0.2, 0.25) is 0 Å². The molecule has 0 aliphatic carbocycles. The first-order chi connectivity index (χ1) is 11.6. The number of aromatic amines is 1. The summed E-state index contributed by atoms with van der Waals surface area (Å²) in [6.45, 7) is 3.75. The number of nitrogens with zero attached hydrogens (tertiary/aromatic N) is 4. The Morgan fingerprint density at radius 3 is 2.96 bits per heavy atom. The van der Waals surface area contributed by atoms with Crippen LogP contribution in [-0.2, 0) is 10.5 Å². The Labute approximate surface area is 142 Å². The number of hydrogen-bond acceptors (Lipinski definition) is 7. The van der Waals surface area contributed by atoms with Crippen LogP contribution in [0.3, 0.4) is 0 Å². The van der Waals surface area contributed by atoms with Crippen LogP contribution >= 0.6 is 11.8 Å². The monoisotopic (exact) mass is 344 g/mol. The van der Waals surface area contributed by atoms with Gasteiger partial charge in [0.15, 0.2) is 5.82 Å². The number of carbonyl (C=O) groups is 1. The summed E-state index contributed by atoms with van der Waals surface area (Å²) >= 11 is 1.48. The molecule has 0 fully saturated rings. The fraction of sp³-hybridized carbons (Fsp3) is 0.267. The molecular weight excluding hydrogens is 328 g/mol. The molecule has 0 unspecified atom stereocenters. The molecule has 24 heavy (non-hydrogen) atoms. The van der Waals surface area contributed by atoms with E-state index in [2.05, 4.69) is 30.6 Å². The summed E-state index contributed by atoms with van der Waals surface area (Å²) in [4.78, 5) is 20.4. The van der Waals surface area contributed by atoms with Gasteiger partial charge in [-0.25, -0.2) is 0 Å². The summed E-state index contributed by atoms with van der Waals surface area (Å²) < 4.78 is 5.10. The van der Waals surface area contributed by atoms with E-state index in [0.29, 0.717) is 17.3 Å². The van der Waals surface area contributed by atoms with Gasteiger partial charge in [-0.1, -0.05) is 11.2 Å². The molecule has 8 nitrogen and oxygen atoms in total. The van der Waals surface area contributed by atoms with E-state index in [9.17, 15) is 4.79 Å². The van der Waals surface area contributed by atoms with E-state index < -0.39 is 0 Å². The molecule has 3 aromatic rings. The highest BCUT2D eigenvalue weighted by Crippen LogP contribution is 2.19. The lowest BCUT2D eigenvalue weighted by Gasteiger charge is -2.01. The van der Waals surface area contributed by atoms with Crippen LogP contribution in [0.25, 0.3) is 11.5 Å². The highest BCUT2D eigenvalue weighted by atomic mass is 32.2. The largest absolute Gasteiger partial charge is 0.361 e. The van der Waals surface area contributed by atoms with Crippen LogP contribution in [-0.4, -0.2) is 37.0 Å². The third kappa shape index (κ3) is 3.80. The van der Waals surface area contributed by atoms with Crippen LogP contribution in [0.4, 0.5) is 5.95 Å². The van der Waals surface area contributed by atoms with Gasteiger partial charge in [-0.3, -0.25) is 20.2 Å². The average Bonchev–Trinajstić information content (AvgIpc) is 3.17. The highest BCUT2D eigenvalue weighted by molar-refractivity contribution is 7.99. The van der Waals surface area contributed by atoms with Gasteiger partial charge in [0, 0.05) is 17.5 Å². The number of pyridine rings is 1. The van der Waals surface area contributed by atoms with Gasteiger partial charge in [0.1, 0.15) is 11.5 Å². The van der Waals surface area contributed by atoms with Gasteiger partial charge in [0.2, 0.25) is 11.9 Å².